The van der Waals surface area contributed by atoms with Crippen LogP contribution in [0, 0.1) is 13.8 Å². The molecular weight excluding hydrogens is 381 g/mol. The molecule has 2 nitrogen and oxygen atoms in total. The molecule has 1 heterocycles. The Bertz CT molecular complexity index is 474. The van der Waals surface area contributed by atoms with Crippen molar-refractivity contribution in [1.82, 2.24) is 9.97 Å². The summed E-state index contributed by atoms with van der Waals surface area (Å²) in [5.74, 6) is 0.852. The molecule has 15 heavy (non-hydrogen) atoms. The molecule has 3 heteroatoms. The van der Waals surface area contributed by atoms with Gasteiger partial charge in [0, 0.05) is 0 Å². The predicted molar refractivity (Wildman–Crippen MR) is 62.3 cm³/mol. The Labute approximate surface area is 105 Å². The molecule has 74 valence electrons. The third kappa shape index (κ3) is 2.40. The van der Waals surface area contributed by atoms with Crippen molar-refractivity contribution >= 4 is 28.1 Å². The van der Waals surface area contributed by atoms with E-state index in [1.54, 1.807) is 0 Å². The number of benzene rings is 1. The standard InChI is InChI=1S/C12H11N2.Bi/c1-9-5-3-4-6-11(9)12-13-8-7-10(2)14-12;/h3-7H,1-2H3;. The molecule has 0 fully saturated rings. The van der Waals surface area contributed by atoms with E-state index < -0.39 is 0 Å². The second-order valence-corrected chi connectivity index (χ2v) is 5.29. The first-order valence-electron chi connectivity index (χ1n) is 4.77. The van der Waals surface area contributed by atoms with Crippen LogP contribution in [0.25, 0.3) is 11.4 Å². The van der Waals surface area contributed by atoms with Crippen LogP contribution in [0.1, 0.15) is 11.3 Å². The van der Waals surface area contributed by atoms with E-state index in [0.717, 1.165) is 20.5 Å². The normalized spacial score (nSPS) is 10.3. The first-order chi connectivity index (χ1) is 7.16. The van der Waals surface area contributed by atoms with Crippen LogP contribution in [0.2, 0.25) is 0 Å². The second-order valence-electron chi connectivity index (χ2n) is 3.51. The number of hydrogen-bond donors (Lipinski definition) is 0. The number of hydrogen-bond acceptors (Lipinski definition) is 2. The molecular formula is C12H11BiN2. The number of aryl methyl sites for hydroxylation is 2. The predicted octanol–water partition coefficient (Wildman–Crippen LogP) is 1.55. The van der Waals surface area contributed by atoms with Gasteiger partial charge in [0.2, 0.25) is 0 Å². The molecule has 0 unspecified atom stereocenters. The fourth-order valence-corrected chi connectivity index (χ4v) is 2.59. The molecule has 0 N–H and O–H groups in total. The molecule has 0 bridgehead atoms. The molecule has 0 saturated carbocycles. The number of rotatable bonds is 1. The summed E-state index contributed by atoms with van der Waals surface area (Å²) in [5, 5.41) is 0. The van der Waals surface area contributed by atoms with Crippen LogP contribution in [-0.4, -0.2) is 34.7 Å². The van der Waals surface area contributed by atoms with Crippen molar-refractivity contribution in [1.29, 1.82) is 0 Å². The quantitative estimate of drug-likeness (QED) is 0.689. The molecule has 0 amide bonds. The van der Waals surface area contributed by atoms with Crippen LogP contribution in [0.4, 0.5) is 0 Å². The van der Waals surface area contributed by atoms with E-state index in [2.05, 4.69) is 29.0 Å². The summed E-state index contributed by atoms with van der Waals surface area (Å²) in [6, 6.07) is 10.3. The average Bonchev–Trinajstić information content (AvgIpc) is 2.16. The van der Waals surface area contributed by atoms with E-state index in [0.29, 0.717) is 0 Å². The van der Waals surface area contributed by atoms with Crippen molar-refractivity contribution in [2.24, 2.45) is 0 Å². The van der Waals surface area contributed by atoms with Crippen LogP contribution < -0.4 is 3.40 Å². The average molecular weight is 392 g/mol. The Balaban J connectivity index is 2.59. The maximum absolute atomic E-state index is 4.50. The topological polar surface area (TPSA) is 25.8 Å². The molecule has 0 atom stereocenters. The van der Waals surface area contributed by atoms with Crippen LogP contribution >= 0.6 is 0 Å². The molecule has 2 aromatic rings. The van der Waals surface area contributed by atoms with Crippen LogP contribution in [-0.2, 0) is 0 Å². The zero-order valence-corrected chi connectivity index (χ0v) is 12.2. The SMILES string of the molecule is Cc1c[c]([Bi])nc(-c2ccccc2C)n1. The van der Waals surface area contributed by atoms with Gasteiger partial charge in [-0.3, -0.25) is 0 Å². The summed E-state index contributed by atoms with van der Waals surface area (Å²) >= 11 is 1.17. The Hall–Kier alpha value is -0.817. The first-order valence-corrected chi connectivity index (χ1v) is 6.51. The van der Waals surface area contributed by atoms with Crippen LogP contribution in [0.15, 0.2) is 30.3 Å². The molecule has 2 rings (SSSR count). The monoisotopic (exact) mass is 392 g/mol. The second kappa shape index (κ2) is 4.36. The van der Waals surface area contributed by atoms with Gasteiger partial charge >= 0.3 is 105 Å². The fourth-order valence-electron chi connectivity index (χ4n) is 1.50. The van der Waals surface area contributed by atoms with E-state index in [1.165, 1.54) is 30.3 Å². The Morgan fingerprint density at radius 1 is 1.07 bits per heavy atom. The molecule has 2 radical (unpaired) electrons. The van der Waals surface area contributed by atoms with E-state index in [4.69, 9.17) is 0 Å². The molecule has 0 saturated heterocycles. The van der Waals surface area contributed by atoms with Gasteiger partial charge in [-0.15, -0.1) is 0 Å². The van der Waals surface area contributed by atoms with Gasteiger partial charge in [0.1, 0.15) is 0 Å². The van der Waals surface area contributed by atoms with E-state index in [9.17, 15) is 0 Å². The van der Waals surface area contributed by atoms with E-state index in [-0.39, 0.29) is 0 Å². The molecule has 0 aliphatic carbocycles. The fraction of sp³-hybridized carbons (Fsp3) is 0.167. The van der Waals surface area contributed by atoms with Gasteiger partial charge in [-0.1, -0.05) is 0 Å². The van der Waals surface area contributed by atoms with Crippen molar-refractivity contribution in [3.05, 3.63) is 41.6 Å². The number of aromatic nitrogens is 2. The van der Waals surface area contributed by atoms with Gasteiger partial charge in [-0.05, 0) is 0 Å². The van der Waals surface area contributed by atoms with Gasteiger partial charge in [0.15, 0.2) is 0 Å². The Morgan fingerprint density at radius 2 is 1.80 bits per heavy atom. The summed E-state index contributed by atoms with van der Waals surface area (Å²) in [7, 11) is 0. The summed E-state index contributed by atoms with van der Waals surface area (Å²) in [5.41, 5.74) is 3.40. The summed E-state index contributed by atoms with van der Waals surface area (Å²) in [4.78, 5) is 8.98. The molecule has 1 aromatic carbocycles. The summed E-state index contributed by atoms with van der Waals surface area (Å²) in [6.07, 6.45) is 0. The zero-order valence-electron chi connectivity index (χ0n) is 8.73. The van der Waals surface area contributed by atoms with Gasteiger partial charge in [-0.2, -0.15) is 0 Å². The van der Waals surface area contributed by atoms with Gasteiger partial charge in [-0.25, -0.2) is 0 Å². The molecule has 0 aliphatic rings. The number of nitrogens with zero attached hydrogens (tertiary/aromatic N) is 2. The summed E-state index contributed by atoms with van der Waals surface area (Å²) < 4.78 is 1.13. The van der Waals surface area contributed by atoms with E-state index in [1.807, 2.05) is 25.1 Å². The van der Waals surface area contributed by atoms with Crippen molar-refractivity contribution in [2.75, 3.05) is 0 Å². The third-order valence-corrected chi connectivity index (χ3v) is 3.12. The van der Waals surface area contributed by atoms with Crippen molar-refractivity contribution in [2.45, 2.75) is 13.8 Å². The zero-order chi connectivity index (χ0) is 10.8. The van der Waals surface area contributed by atoms with Crippen LogP contribution in [0.3, 0.4) is 0 Å². The molecule has 0 spiro atoms. The Morgan fingerprint density at radius 3 is 2.47 bits per heavy atom. The molecule has 1 aromatic heterocycles. The van der Waals surface area contributed by atoms with Gasteiger partial charge in [0.05, 0.1) is 0 Å². The minimum absolute atomic E-state index is 0.852. The minimum atomic E-state index is 0.852. The van der Waals surface area contributed by atoms with Gasteiger partial charge < -0.3 is 0 Å². The van der Waals surface area contributed by atoms with Crippen LogP contribution in [0.5, 0.6) is 0 Å². The summed E-state index contributed by atoms with van der Waals surface area (Å²) in [6.45, 7) is 4.10. The maximum atomic E-state index is 4.50. The third-order valence-electron chi connectivity index (χ3n) is 2.23. The van der Waals surface area contributed by atoms with Gasteiger partial charge in [0.25, 0.3) is 0 Å². The van der Waals surface area contributed by atoms with E-state index >= 15 is 0 Å². The molecule has 0 aliphatic heterocycles. The van der Waals surface area contributed by atoms with Crippen molar-refractivity contribution in [3.8, 4) is 11.4 Å². The van der Waals surface area contributed by atoms with Crippen molar-refractivity contribution in [3.63, 3.8) is 0 Å². The van der Waals surface area contributed by atoms with Crippen molar-refractivity contribution < 1.29 is 0 Å². The first kappa shape index (κ1) is 10.7. The Kier molecular flexibility index (Phi) is 3.11.